The summed E-state index contributed by atoms with van der Waals surface area (Å²) in [5.41, 5.74) is 2.04. The van der Waals surface area contributed by atoms with Crippen molar-refractivity contribution in [3.8, 4) is 0 Å². The van der Waals surface area contributed by atoms with Crippen molar-refractivity contribution < 1.29 is 14.3 Å². The third-order valence-corrected chi connectivity index (χ3v) is 2.67. The SMILES string of the molecule is CC(/C=C/C=C(\C)C1OCC(C)(C)CO1)=C\C=O. The van der Waals surface area contributed by atoms with Crippen LogP contribution < -0.4 is 0 Å². The maximum Gasteiger partial charge on any atom is 0.179 e. The largest absolute Gasteiger partial charge is 0.348 e. The molecule has 0 radical (unpaired) electrons. The number of hydrogen-bond acceptors (Lipinski definition) is 3. The van der Waals surface area contributed by atoms with Crippen LogP contribution in [0.2, 0.25) is 0 Å². The zero-order valence-corrected chi connectivity index (χ0v) is 11.6. The Labute approximate surface area is 109 Å². The molecule has 100 valence electrons. The lowest BCUT2D eigenvalue weighted by Gasteiger charge is -2.34. The molecule has 0 unspecified atom stereocenters. The summed E-state index contributed by atoms with van der Waals surface area (Å²) in [5, 5.41) is 0. The van der Waals surface area contributed by atoms with Crippen molar-refractivity contribution >= 4 is 6.29 Å². The minimum absolute atomic E-state index is 0.0932. The van der Waals surface area contributed by atoms with E-state index in [0.29, 0.717) is 13.2 Å². The van der Waals surface area contributed by atoms with Crippen LogP contribution in [-0.2, 0) is 14.3 Å². The smallest absolute Gasteiger partial charge is 0.179 e. The first-order valence-corrected chi connectivity index (χ1v) is 6.15. The van der Waals surface area contributed by atoms with Crippen LogP contribution in [0.3, 0.4) is 0 Å². The van der Waals surface area contributed by atoms with Crippen LogP contribution in [0, 0.1) is 5.41 Å². The van der Waals surface area contributed by atoms with E-state index in [4.69, 9.17) is 9.47 Å². The molecule has 1 aliphatic heterocycles. The normalized spacial score (nSPS) is 22.4. The summed E-state index contributed by atoms with van der Waals surface area (Å²) in [6.45, 7) is 9.51. The number of aldehydes is 1. The van der Waals surface area contributed by atoms with Gasteiger partial charge in [0.2, 0.25) is 0 Å². The van der Waals surface area contributed by atoms with Crippen molar-refractivity contribution in [2.24, 2.45) is 5.41 Å². The third kappa shape index (κ3) is 4.98. The van der Waals surface area contributed by atoms with Crippen molar-refractivity contribution in [3.63, 3.8) is 0 Å². The van der Waals surface area contributed by atoms with Gasteiger partial charge in [-0.1, -0.05) is 32.1 Å². The van der Waals surface area contributed by atoms with Gasteiger partial charge in [0.15, 0.2) is 6.29 Å². The highest BCUT2D eigenvalue weighted by Crippen LogP contribution is 2.25. The number of hydrogen-bond donors (Lipinski definition) is 0. The molecule has 1 saturated heterocycles. The molecule has 0 aromatic heterocycles. The fourth-order valence-corrected chi connectivity index (χ4v) is 1.55. The lowest BCUT2D eigenvalue weighted by molar-refractivity contribution is -0.202. The Balaban J connectivity index is 2.52. The summed E-state index contributed by atoms with van der Waals surface area (Å²) >= 11 is 0. The first-order chi connectivity index (χ1) is 8.44. The molecule has 0 spiro atoms. The van der Waals surface area contributed by atoms with Gasteiger partial charge in [-0.2, -0.15) is 0 Å². The first-order valence-electron chi connectivity index (χ1n) is 6.15. The molecule has 0 amide bonds. The number of ether oxygens (including phenoxy) is 2. The van der Waals surface area contributed by atoms with Gasteiger partial charge in [0.25, 0.3) is 0 Å². The third-order valence-electron chi connectivity index (χ3n) is 2.67. The molecular formula is C15H22O3. The van der Waals surface area contributed by atoms with Crippen LogP contribution in [0.1, 0.15) is 27.7 Å². The quantitative estimate of drug-likeness (QED) is 0.437. The van der Waals surface area contributed by atoms with Crippen LogP contribution in [0.25, 0.3) is 0 Å². The van der Waals surface area contributed by atoms with Gasteiger partial charge in [0.05, 0.1) is 13.2 Å². The van der Waals surface area contributed by atoms with E-state index in [1.165, 1.54) is 6.08 Å². The van der Waals surface area contributed by atoms with Gasteiger partial charge in [0, 0.05) is 5.41 Å². The molecule has 0 aromatic rings. The average molecular weight is 250 g/mol. The van der Waals surface area contributed by atoms with Crippen LogP contribution in [-0.4, -0.2) is 25.8 Å². The maximum atomic E-state index is 10.3. The molecule has 1 heterocycles. The van der Waals surface area contributed by atoms with Crippen molar-refractivity contribution in [1.29, 1.82) is 0 Å². The van der Waals surface area contributed by atoms with Gasteiger partial charge in [-0.05, 0) is 31.1 Å². The molecule has 0 atom stereocenters. The lowest BCUT2D eigenvalue weighted by atomic mass is 9.95. The van der Waals surface area contributed by atoms with Gasteiger partial charge >= 0.3 is 0 Å². The summed E-state index contributed by atoms with van der Waals surface area (Å²) in [5.74, 6) is 0. The fourth-order valence-electron chi connectivity index (χ4n) is 1.55. The lowest BCUT2D eigenvalue weighted by Crippen LogP contribution is -2.38. The second-order valence-electron chi connectivity index (χ2n) is 5.43. The Kier molecular flexibility index (Phi) is 5.51. The highest BCUT2D eigenvalue weighted by atomic mass is 16.7. The minimum Gasteiger partial charge on any atom is -0.348 e. The van der Waals surface area contributed by atoms with Crippen molar-refractivity contribution in [2.75, 3.05) is 13.2 Å². The Bertz CT molecular complexity index is 365. The summed E-state index contributed by atoms with van der Waals surface area (Å²) in [7, 11) is 0. The van der Waals surface area contributed by atoms with Gasteiger partial charge < -0.3 is 9.47 Å². The highest BCUT2D eigenvalue weighted by Gasteiger charge is 2.28. The van der Waals surface area contributed by atoms with Crippen molar-refractivity contribution in [1.82, 2.24) is 0 Å². The summed E-state index contributed by atoms with van der Waals surface area (Å²) in [6.07, 6.45) is 7.78. The molecular weight excluding hydrogens is 228 g/mol. The first kappa shape index (κ1) is 14.9. The van der Waals surface area contributed by atoms with E-state index >= 15 is 0 Å². The van der Waals surface area contributed by atoms with Crippen LogP contribution in [0.4, 0.5) is 0 Å². The Hall–Kier alpha value is -1.19. The van der Waals surface area contributed by atoms with E-state index in [-0.39, 0.29) is 11.7 Å². The van der Waals surface area contributed by atoms with E-state index in [0.717, 1.165) is 17.4 Å². The number of rotatable bonds is 4. The van der Waals surface area contributed by atoms with E-state index in [1.54, 1.807) is 0 Å². The molecule has 0 bridgehead atoms. The van der Waals surface area contributed by atoms with Crippen LogP contribution in [0.15, 0.2) is 35.5 Å². The second kappa shape index (κ2) is 6.66. The van der Waals surface area contributed by atoms with Crippen molar-refractivity contribution in [2.45, 2.75) is 34.0 Å². The van der Waals surface area contributed by atoms with E-state index in [9.17, 15) is 4.79 Å². The minimum atomic E-state index is -0.252. The number of allylic oxidation sites excluding steroid dienone is 5. The molecule has 1 aliphatic rings. The highest BCUT2D eigenvalue weighted by molar-refractivity contribution is 5.66. The van der Waals surface area contributed by atoms with Gasteiger partial charge in [0.1, 0.15) is 6.29 Å². The van der Waals surface area contributed by atoms with Crippen LogP contribution in [0.5, 0.6) is 0 Å². The topological polar surface area (TPSA) is 35.5 Å². The molecule has 1 rings (SSSR count). The predicted octanol–water partition coefficient (Wildman–Crippen LogP) is 3.03. The molecule has 0 aliphatic carbocycles. The molecule has 1 fully saturated rings. The number of carbonyl (C=O) groups excluding carboxylic acids is 1. The van der Waals surface area contributed by atoms with Gasteiger partial charge in [-0.3, -0.25) is 4.79 Å². The summed E-state index contributed by atoms with van der Waals surface area (Å²) in [6, 6.07) is 0. The van der Waals surface area contributed by atoms with E-state index < -0.39 is 0 Å². The Morgan fingerprint density at radius 2 is 1.78 bits per heavy atom. The van der Waals surface area contributed by atoms with Gasteiger partial charge in [-0.25, -0.2) is 0 Å². The molecule has 18 heavy (non-hydrogen) atoms. The zero-order valence-electron chi connectivity index (χ0n) is 11.6. The zero-order chi connectivity index (χ0) is 13.6. The summed E-state index contributed by atoms with van der Waals surface area (Å²) < 4.78 is 11.3. The monoisotopic (exact) mass is 250 g/mol. The van der Waals surface area contributed by atoms with Gasteiger partial charge in [-0.15, -0.1) is 0 Å². The van der Waals surface area contributed by atoms with E-state index in [1.807, 2.05) is 32.1 Å². The fraction of sp³-hybridized carbons (Fsp3) is 0.533. The van der Waals surface area contributed by atoms with Crippen LogP contribution >= 0.6 is 0 Å². The maximum absolute atomic E-state index is 10.3. The molecule has 3 heteroatoms. The molecule has 0 N–H and O–H groups in total. The van der Waals surface area contributed by atoms with E-state index in [2.05, 4.69) is 13.8 Å². The Morgan fingerprint density at radius 1 is 1.17 bits per heavy atom. The number of carbonyl (C=O) groups is 1. The average Bonchev–Trinajstić information content (AvgIpc) is 2.29. The van der Waals surface area contributed by atoms with Crippen molar-refractivity contribution in [3.05, 3.63) is 35.5 Å². The molecule has 0 aromatic carbocycles. The Morgan fingerprint density at radius 3 is 2.33 bits per heavy atom. The summed E-state index contributed by atoms with van der Waals surface area (Å²) in [4.78, 5) is 10.3. The second-order valence-corrected chi connectivity index (χ2v) is 5.43. The molecule has 3 nitrogen and oxygen atoms in total. The standard InChI is InChI=1S/C15H22O3/c1-12(8-9-16)6-5-7-13(2)14-17-10-15(3,4)11-18-14/h5-9,14H,10-11H2,1-4H3/b6-5+,12-8+,13-7+. The molecule has 0 saturated carbocycles. The predicted molar refractivity (Wildman–Crippen MR) is 72.2 cm³/mol.